The molecule has 4 heteroatoms. The average molecular weight is 451 g/mol. The predicted octanol–water partition coefficient (Wildman–Crippen LogP) is 9.46. The Labute approximate surface area is 192 Å². The molecular weight excluding hydrogens is 396 g/mol. The Morgan fingerprint density at radius 2 is 0.500 bits per heavy atom. The third-order valence-corrected chi connectivity index (χ3v) is 22.7. The molecule has 0 unspecified atom stereocenters. The van der Waals surface area contributed by atoms with Gasteiger partial charge in [0.15, 0.2) is 16.5 Å². The van der Waals surface area contributed by atoms with E-state index in [1.807, 2.05) is 0 Å². The molecule has 1 rings (SSSR count). The molecule has 0 radical (unpaired) electrons. The molecule has 0 atom stereocenters. The average Bonchev–Trinajstić information content (AvgIpc) is 2.58. The summed E-state index contributed by atoms with van der Waals surface area (Å²) in [7, 11) is -3.60. The molecule has 0 fully saturated rings. The molecule has 1 aliphatic heterocycles. The fraction of sp³-hybridized carbons (Fsp3) is 0.846. The number of nitrogens with zero attached hydrogens (tertiary/aromatic N) is 2. The molecule has 176 valence electrons. The molecule has 30 heavy (non-hydrogen) atoms. The Morgan fingerprint density at radius 1 is 0.367 bits per heavy atom. The highest BCUT2D eigenvalue weighted by molar-refractivity contribution is 6.82. The third kappa shape index (κ3) is 3.78. The second-order valence-corrected chi connectivity index (χ2v) is 23.1. The summed E-state index contributed by atoms with van der Waals surface area (Å²) in [6.07, 6.45) is 0. The van der Waals surface area contributed by atoms with Gasteiger partial charge in [0.05, 0.1) is 0 Å². The van der Waals surface area contributed by atoms with Crippen LogP contribution in [0.1, 0.15) is 111 Å². The van der Waals surface area contributed by atoms with E-state index < -0.39 is 16.5 Å². The lowest BCUT2D eigenvalue weighted by Gasteiger charge is -2.60. The van der Waals surface area contributed by atoms with E-state index >= 15 is 0 Å². The van der Waals surface area contributed by atoms with Gasteiger partial charge in [-0.05, 0) is 60.9 Å². The first-order valence-corrected chi connectivity index (χ1v) is 16.9. The maximum absolute atomic E-state index is 2.90. The van der Waals surface area contributed by atoms with Crippen LogP contribution in [0, 0.1) is 0 Å². The molecule has 0 saturated carbocycles. The Balaban J connectivity index is 3.96. The zero-order valence-corrected chi connectivity index (χ0v) is 25.4. The quantitative estimate of drug-likeness (QED) is 0.340. The van der Waals surface area contributed by atoms with Crippen molar-refractivity contribution >= 4 is 16.5 Å². The summed E-state index contributed by atoms with van der Waals surface area (Å²) < 4.78 is 5.79. The van der Waals surface area contributed by atoms with Crippen LogP contribution in [-0.2, 0) is 0 Å². The van der Waals surface area contributed by atoms with Gasteiger partial charge in [0.2, 0.25) is 0 Å². The van der Waals surface area contributed by atoms with Crippen LogP contribution in [0.3, 0.4) is 0 Å². The van der Waals surface area contributed by atoms with Crippen LogP contribution in [0.2, 0.25) is 33.2 Å². The van der Waals surface area contributed by atoms with E-state index in [9.17, 15) is 0 Å². The summed E-state index contributed by atoms with van der Waals surface area (Å²) in [5.74, 6) is 0. The molecule has 0 aromatic heterocycles. The van der Waals surface area contributed by atoms with Crippen LogP contribution in [0.15, 0.2) is 22.8 Å². The standard InChI is InChI=1S/C26H54N2Si2/c1-17(2)29(18(3)4,19(5)6)27-23(13)25(15)28(26(16)24(27)14)30(20(7)8,21(9)10)22(11)12/h17-22H,1-16H3. The molecular formula is C26H54N2Si2. The molecule has 0 aromatic rings. The molecule has 2 nitrogen and oxygen atoms in total. The molecule has 0 aromatic carbocycles. The van der Waals surface area contributed by atoms with Gasteiger partial charge in [0, 0.05) is 22.8 Å². The molecule has 0 spiro atoms. The Kier molecular flexibility index (Phi) is 8.78. The van der Waals surface area contributed by atoms with Crippen LogP contribution in [0.4, 0.5) is 0 Å². The second kappa shape index (κ2) is 9.56. The van der Waals surface area contributed by atoms with Crippen molar-refractivity contribution in [2.45, 2.75) is 144 Å². The monoisotopic (exact) mass is 450 g/mol. The maximum atomic E-state index is 2.90. The van der Waals surface area contributed by atoms with E-state index in [0.29, 0.717) is 33.2 Å². The van der Waals surface area contributed by atoms with Crippen molar-refractivity contribution in [2.24, 2.45) is 0 Å². The van der Waals surface area contributed by atoms with E-state index in [4.69, 9.17) is 0 Å². The van der Waals surface area contributed by atoms with Crippen LogP contribution in [0.25, 0.3) is 0 Å². The zero-order valence-electron chi connectivity index (χ0n) is 23.4. The first-order chi connectivity index (χ1) is 13.5. The summed E-state index contributed by atoms with van der Waals surface area (Å²) >= 11 is 0. The normalized spacial score (nSPS) is 17.4. The first kappa shape index (κ1) is 27.5. The maximum Gasteiger partial charge on any atom is 0.169 e. The van der Waals surface area contributed by atoms with Crippen LogP contribution >= 0.6 is 0 Å². The molecule has 0 bridgehead atoms. The van der Waals surface area contributed by atoms with E-state index in [0.717, 1.165) is 0 Å². The highest BCUT2D eigenvalue weighted by atomic mass is 28.3. The fourth-order valence-electron chi connectivity index (χ4n) is 7.86. The SMILES string of the molecule is CC1=C(C)N([Si](C(C)C)(C(C)C)C(C)C)C(C)=C(C)N1[Si](C(C)C)(C(C)C)C(C)C. The van der Waals surface area contributed by atoms with Crippen molar-refractivity contribution in [1.29, 1.82) is 0 Å². The molecule has 0 amide bonds. The van der Waals surface area contributed by atoms with Gasteiger partial charge in [-0.2, -0.15) is 0 Å². The highest BCUT2D eigenvalue weighted by Gasteiger charge is 2.55. The highest BCUT2D eigenvalue weighted by Crippen LogP contribution is 2.53. The van der Waals surface area contributed by atoms with Gasteiger partial charge in [-0.25, -0.2) is 0 Å². The second-order valence-electron chi connectivity index (χ2n) is 11.7. The first-order valence-electron chi connectivity index (χ1n) is 12.5. The van der Waals surface area contributed by atoms with Crippen molar-refractivity contribution in [3.05, 3.63) is 22.8 Å². The summed E-state index contributed by atoms with van der Waals surface area (Å²) in [6, 6.07) is 0. The largest absolute Gasteiger partial charge is 0.372 e. The fourth-order valence-corrected chi connectivity index (χ4v) is 21.9. The van der Waals surface area contributed by atoms with Gasteiger partial charge in [-0.15, -0.1) is 0 Å². The van der Waals surface area contributed by atoms with Crippen molar-refractivity contribution in [3.8, 4) is 0 Å². The topological polar surface area (TPSA) is 6.48 Å². The Morgan fingerprint density at radius 3 is 0.600 bits per heavy atom. The number of rotatable bonds is 8. The lowest BCUT2D eigenvalue weighted by Crippen LogP contribution is -2.64. The van der Waals surface area contributed by atoms with Crippen molar-refractivity contribution in [2.75, 3.05) is 0 Å². The Bertz CT molecular complexity index is 543. The van der Waals surface area contributed by atoms with Crippen molar-refractivity contribution < 1.29 is 0 Å². The summed E-state index contributed by atoms with van der Waals surface area (Å²) in [6.45, 7) is 39.5. The van der Waals surface area contributed by atoms with Gasteiger partial charge < -0.3 is 9.13 Å². The van der Waals surface area contributed by atoms with Crippen molar-refractivity contribution in [1.82, 2.24) is 9.13 Å². The van der Waals surface area contributed by atoms with E-state index in [1.54, 1.807) is 0 Å². The lowest BCUT2D eigenvalue weighted by atomic mass is 10.2. The number of allylic oxidation sites excluding steroid dienone is 4. The minimum Gasteiger partial charge on any atom is -0.372 e. The van der Waals surface area contributed by atoms with Gasteiger partial charge in [-0.1, -0.05) is 83.1 Å². The third-order valence-electron chi connectivity index (χ3n) is 8.71. The van der Waals surface area contributed by atoms with Crippen LogP contribution in [0.5, 0.6) is 0 Å². The summed E-state index contributed by atoms with van der Waals surface area (Å²) in [4.78, 5) is 0. The molecule has 1 aliphatic rings. The van der Waals surface area contributed by atoms with E-state index in [2.05, 4.69) is 120 Å². The van der Waals surface area contributed by atoms with Gasteiger partial charge in [-0.3, -0.25) is 0 Å². The van der Waals surface area contributed by atoms with Crippen LogP contribution in [-0.4, -0.2) is 25.6 Å². The van der Waals surface area contributed by atoms with Crippen molar-refractivity contribution in [3.63, 3.8) is 0 Å². The molecule has 0 saturated heterocycles. The minimum absolute atomic E-state index is 0.705. The minimum atomic E-state index is -1.80. The molecule has 0 N–H and O–H groups in total. The smallest absolute Gasteiger partial charge is 0.169 e. The van der Waals surface area contributed by atoms with E-state index in [1.165, 1.54) is 22.8 Å². The molecule has 0 aliphatic carbocycles. The predicted molar refractivity (Wildman–Crippen MR) is 143 cm³/mol. The number of hydrogen-bond donors (Lipinski definition) is 0. The van der Waals surface area contributed by atoms with Crippen LogP contribution < -0.4 is 0 Å². The number of hydrogen-bond acceptors (Lipinski definition) is 2. The molecule has 1 heterocycles. The zero-order chi connectivity index (χ0) is 23.9. The summed E-state index contributed by atoms with van der Waals surface area (Å²) in [5.41, 5.74) is 10.3. The lowest BCUT2D eigenvalue weighted by molar-refractivity contribution is 0.441. The summed E-state index contributed by atoms with van der Waals surface area (Å²) in [5, 5.41) is 0. The van der Waals surface area contributed by atoms with E-state index in [-0.39, 0.29) is 0 Å². The Hall–Kier alpha value is -0.486. The van der Waals surface area contributed by atoms with Gasteiger partial charge in [0.1, 0.15) is 0 Å². The van der Waals surface area contributed by atoms with Gasteiger partial charge in [0.25, 0.3) is 0 Å². The van der Waals surface area contributed by atoms with Gasteiger partial charge >= 0.3 is 0 Å².